The molecule has 0 unspecified atom stereocenters. The zero-order chi connectivity index (χ0) is 29.2. The van der Waals surface area contributed by atoms with Crippen LogP contribution in [0, 0.1) is 0 Å². The number of carbonyl (C=O) groups excluding carboxylic acids is 2. The van der Waals surface area contributed by atoms with Gasteiger partial charge in [0.1, 0.15) is 17.3 Å². The molecule has 212 valence electrons. The van der Waals surface area contributed by atoms with Crippen molar-refractivity contribution < 1.29 is 34.1 Å². The highest BCUT2D eigenvalue weighted by Gasteiger charge is 2.23. The van der Waals surface area contributed by atoms with Gasteiger partial charge in [-0.05, 0) is 51.5 Å². The number of nitrogens with two attached hydrogens (primary N) is 1. The van der Waals surface area contributed by atoms with Crippen LogP contribution in [0.25, 0.3) is 0 Å². The van der Waals surface area contributed by atoms with E-state index in [-0.39, 0.29) is 41.6 Å². The summed E-state index contributed by atoms with van der Waals surface area (Å²) in [5.74, 6) is -2.64. The number of fused-ring (bicyclic) bond motifs is 1. The Morgan fingerprint density at radius 3 is 2.44 bits per heavy atom. The van der Waals surface area contributed by atoms with E-state index < -0.39 is 23.9 Å². The summed E-state index contributed by atoms with van der Waals surface area (Å²) >= 11 is 0. The third-order valence-corrected chi connectivity index (χ3v) is 5.15. The van der Waals surface area contributed by atoms with E-state index in [1.54, 1.807) is 12.1 Å². The molecular weight excluding hydrogens is 514 g/mol. The third-order valence-electron chi connectivity index (χ3n) is 5.15. The van der Waals surface area contributed by atoms with Crippen molar-refractivity contribution in [3.8, 4) is 0 Å². The number of hydrogen-bond acceptors (Lipinski definition) is 11. The van der Waals surface area contributed by atoms with Crippen molar-refractivity contribution in [3.63, 3.8) is 0 Å². The molecule has 3 rings (SSSR count). The SMILES string of the molecule is CC(C)(C)OC=O.Nc1nc2c(c(=O)[nH]1)N[C@H](CNc1ccc(C(=O)N[C@@H](CCC(=O)O)C(=O)O)cc1)CN2. The van der Waals surface area contributed by atoms with Crippen molar-refractivity contribution in [3.05, 3.63) is 40.2 Å². The highest BCUT2D eigenvalue weighted by Crippen LogP contribution is 2.20. The number of hydrogen-bond donors (Lipinski definition) is 8. The summed E-state index contributed by atoms with van der Waals surface area (Å²) < 4.78 is 4.55. The number of carbonyl (C=O) groups is 4. The number of aliphatic carboxylic acids is 2. The number of anilines is 4. The smallest absolute Gasteiger partial charge is 0.326 e. The van der Waals surface area contributed by atoms with Crippen LogP contribution in [0.5, 0.6) is 0 Å². The van der Waals surface area contributed by atoms with E-state index in [0.717, 1.165) is 0 Å². The first-order chi connectivity index (χ1) is 18.3. The van der Waals surface area contributed by atoms with E-state index in [9.17, 15) is 24.0 Å². The van der Waals surface area contributed by atoms with Crippen molar-refractivity contribution in [1.82, 2.24) is 15.3 Å². The standard InChI is InChI=1S/C19H23N7O6.C5H10O2/c20-19-25-15-14(17(30)26-19)23-11(8-22-15)7-21-10-3-1-9(2-4-10)16(29)24-12(18(31)32)5-6-13(27)28;1-5(2,3)7-4-6/h1-4,11-12,21,23H,5-8H2,(H,24,29)(H,27,28)(H,31,32)(H4,20,22,25,26,30);4H,1-3H3/t11-,12+;/m1./s1. The van der Waals surface area contributed by atoms with Crippen LogP contribution in [0.2, 0.25) is 0 Å². The molecule has 0 saturated carbocycles. The van der Waals surface area contributed by atoms with Crippen molar-refractivity contribution in [2.45, 2.75) is 51.3 Å². The second kappa shape index (κ2) is 13.6. The lowest BCUT2D eigenvalue weighted by Gasteiger charge is -2.27. The number of nitrogens with one attached hydrogen (secondary N) is 5. The summed E-state index contributed by atoms with van der Waals surface area (Å²) in [7, 11) is 0. The Hall–Kier alpha value is -4.82. The Bertz CT molecular complexity index is 1220. The lowest BCUT2D eigenvalue weighted by Crippen LogP contribution is -2.41. The summed E-state index contributed by atoms with van der Waals surface area (Å²) in [5, 5.41) is 29.5. The molecule has 15 heteroatoms. The molecule has 0 spiro atoms. The van der Waals surface area contributed by atoms with Gasteiger partial charge in [0.15, 0.2) is 5.82 Å². The number of benzene rings is 1. The normalized spacial score (nSPS) is 14.6. The molecular formula is C24H33N7O8. The van der Waals surface area contributed by atoms with Crippen LogP contribution >= 0.6 is 0 Å². The Morgan fingerprint density at radius 2 is 1.90 bits per heavy atom. The van der Waals surface area contributed by atoms with Crippen molar-refractivity contribution in [2.24, 2.45) is 0 Å². The van der Waals surface area contributed by atoms with Gasteiger partial charge in [-0.2, -0.15) is 4.98 Å². The Morgan fingerprint density at radius 1 is 1.23 bits per heavy atom. The molecule has 2 aromatic rings. The zero-order valence-corrected chi connectivity index (χ0v) is 21.7. The van der Waals surface area contributed by atoms with Crippen molar-refractivity contribution in [2.75, 3.05) is 34.8 Å². The number of nitrogen functional groups attached to an aromatic ring is 1. The van der Waals surface area contributed by atoms with Gasteiger partial charge in [0.05, 0.1) is 6.04 Å². The molecule has 1 aromatic heterocycles. The summed E-state index contributed by atoms with van der Waals surface area (Å²) in [6, 6.07) is 4.93. The molecule has 1 aliphatic rings. The molecule has 0 bridgehead atoms. The van der Waals surface area contributed by atoms with Crippen LogP contribution in [-0.4, -0.2) is 75.3 Å². The quantitative estimate of drug-likeness (QED) is 0.191. The molecule has 0 aliphatic carbocycles. The number of H-pyrrole nitrogens is 1. The lowest BCUT2D eigenvalue weighted by molar-refractivity contribution is -0.141. The Kier molecular flexibility index (Phi) is 10.6. The van der Waals surface area contributed by atoms with Gasteiger partial charge in [0.25, 0.3) is 17.9 Å². The van der Waals surface area contributed by atoms with Gasteiger partial charge in [-0.15, -0.1) is 0 Å². The molecule has 2 heterocycles. The molecule has 1 amide bonds. The minimum Gasteiger partial charge on any atom is -0.481 e. The molecule has 1 aliphatic heterocycles. The molecule has 9 N–H and O–H groups in total. The molecule has 39 heavy (non-hydrogen) atoms. The van der Waals surface area contributed by atoms with Gasteiger partial charge >= 0.3 is 11.9 Å². The first-order valence-electron chi connectivity index (χ1n) is 11.9. The topological polar surface area (TPSA) is 238 Å². The zero-order valence-electron chi connectivity index (χ0n) is 21.7. The summed E-state index contributed by atoms with van der Waals surface area (Å²) in [6.07, 6.45) is -0.587. The molecule has 0 fully saturated rings. The maximum absolute atomic E-state index is 12.3. The number of aromatic nitrogens is 2. The first-order valence-corrected chi connectivity index (χ1v) is 11.9. The third kappa shape index (κ3) is 10.2. The van der Waals surface area contributed by atoms with Gasteiger partial charge in [-0.3, -0.25) is 24.2 Å². The van der Waals surface area contributed by atoms with Crippen LogP contribution in [0.15, 0.2) is 29.1 Å². The monoisotopic (exact) mass is 547 g/mol. The number of nitrogens with zero attached hydrogens (tertiary/aromatic N) is 1. The molecule has 2 atom stereocenters. The van der Waals surface area contributed by atoms with Gasteiger partial charge in [0.2, 0.25) is 5.95 Å². The maximum atomic E-state index is 12.3. The second-order valence-corrected chi connectivity index (χ2v) is 9.48. The van der Waals surface area contributed by atoms with E-state index in [0.29, 0.717) is 36.8 Å². The minimum absolute atomic E-state index is 0.0281. The van der Waals surface area contributed by atoms with Crippen LogP contribution in [0.3, 0.4) is 0 Å². The predicted molar refractivity (Wildman–Crippen MR) is 143 cm³/mol. The average Bonchev–Trinajstić information content (AvgIpc) is 2.85. The summed E-state index contributed by atoms with van der Waals surface area (Å²) in [4.78, 5) is 62.2. The Balaban J connectivity index is 0.000000673. The van der Waals surface area contributed by atoms with Gasteiger partial charge in [-0.25, -0.2) is 4.79 Å². The van der Waals surface area contributed by atoms with Crippen molar-refractivity contribution >= 4 is 47.5 Å². The maximum Gasteiger partial charge on any atom is 0.326 e. The van der Waals surface area contributed by atoms with E-state index in [1.165, 1.54) is 12.1 Å². The first kappa shape index (κ1) is 30.4. The minimum atomic E-state index is -1.30. The predicted octanol–water partition coefficient (Wildman–Crippen LogP) is 0.676. The largest absolute Gasteiger partial charge is 0.481 e. The van der Waals surface area contributed by atoms with Gasteiger partial charge in [0, 0.05) is 30.8 Å². The van der Waals surface area contributed by atoms with Crippen LogP contribution < -0.4 is 32.6 Å². The van der Waals surface area contributed by atoms with Gasteiger partial charge in [-0.1, -0.05) is 0 Å². The fourth-order valence-corrected chi connectivity index (χ4v) is 3.24. The van der Waals surface area contributed by atoms with Crippen LogP contribution in [0.4, 0.5) is 23.1 Å². The van der Waals surface area contributed by atoms with Crippen molar-refractivity contribution in [1.29, 1.82) is 0 Å². The second-order valence-electron chi connectivity index (χ2n) is 9.48. The number of carboxylic acid groups (broad SMARTS) is 2. The average molecular weight is 548 g/mol. The van der Waals surface area contributed by atoms with E-state index in [4.69, 9.17) is 15.9 Å². The fourth-order valence-electron chi connectivity index (χ4n) is 3.24. The molecule has 1 aromatic carbocycles. The lowest BCUT2D eigenvalue weighted by atomic mass is 10.1. The van der Waals surface area contributed by atoms with E-state index in [1.807, 2.05) is 20.8 Å². The Labute approximate surface area is 223 Å². The summed E-state index contributed by atoms with van der Waals surface area (Å²) in [5.41, 5.74) is 6.08. The fraction of sp³-hybridized carbons (Fsp3) is 0.417. The van der Waals surface area contributed by atoms with Crippen LogP contribution in [0.1, 0.15) is 44.0 Å². The molecule has 0 radical (unpaired) electrons. The highest BCUT2D eigenvalue weighted by atomic mass is 16.5. The molecule has 15 nitrogen and oxygen atoms in total. The van der Waals surface area contributed by atoms with E-state index in [2.05, 4.69) is 36.0 Å². The van der Waals surface area contributed by atoms with Crippen LogP contribution in [-0.2, 0) is 19.1 Å². The summed E-state index contributed by atoms with van der Waals surface area (Å²) in [6.45, 7) is 6.88. The number of ether oxygens (including phenoxy) is 1. The number of rotatable bonds is 10. The number of aromatic amines is 1. The van der Waals surface area contributed by atoms with Gasteiger partial charge < -0.3 is 42.0 Å². The number of amides is 1. The van der Waals surface area contributed by atoms with E-state index >= 15 is 0 Å². The number of carboxylic acids is 2. The highest BCUT2D eigenvalue weighted by molar-refractivity contribution is 5.97. The molecule has 0 saturated heterocycles.